The topological polar surface area (TPSA) is 98.6 Å². The molecule has 3 aromatic rings. The summed E-state index contributed by atoms with van der Waals surface area (Å²) in [5.74, 6) is -0.0801. The summed E-state index contributed by atoms with van der Waals surface area (Å²) in [4.78, 5) is 31.5. The number of hydrogen-bond donors (Lipinski definition) is 1. The van der Waals surface area contributed by atoms with Crippen LogP contribution in [-0.2, 0) is 9.53 Å². The first-order valence-corrected chi connectivity index (χ1v) is 9.83. The van der Waals surface area contributed by atoms with E-state index in [1.807, 2.05) is 16.8 Å². The second-order valence-electron chi connectivity index (χ2n) is 7.44. The third-order valence-corrected chi connectivity index (χ3v) is 5.53. The number of aromatic nitrogens is 3. The van der Waals surface area contributed by atoms with Crippen molar-refractivity contribution in [3.8, 4) is 5.75 Å². The van der Waals surface area contributed by atoms with Crippen LogP contribution in [0.5, 0.6) is 5.75 Å². The van der Waals surface area contributed by atoms with E-state index in [1.165, 1.54) is 4.90 Å². The average molecular weight is 407 g/mol. The maximum Gasteiger partial charge on any atom is 0.270 e. The number of anilines is 1. The van der Waals surface area contributed by atoms with Gasteiger partial charge in [0.1, 0.15) is 24.1 Å². The first kappa shape index (κ1) is 18.6. The maximum absolute atomic E-state index is 12.9. The fourth-order valence-electron chi connectivity index (χ4n) is 3.86. The number of nitrogens with one attached hydrogen (secondary N) is 1. The molecule has 5 rings (SSSR count). The van der Waals surface area contributed by atoms with Crippen LogP contribution in [-0.4, -0.2) is 59.5 Å². The molecule has 30 heavy (non-hydrogen) atoms. The molecule has 0 saturated carbocycles. The minimum atomic E-state index is -0.819. The summed E-state index contributed by atoms with van der Waals surface area (Å²) in [6.45, 7) is 1.34. The molecule has 1 fully saturated rings. The SMILES string of the molecule is CN1C(=O)C(NC(=O)c2cc3c(cn2)cnn3[C@@H]2CCOC2)COc2ccccc21. The molecule has 1 aromatic carbocycles. The quantitative estimate of drug-likeness (QED) is 0.707. The molecule has 2 aromatic heterocycles. The van der Waals surface area contributed by atoms with Gasteiger partial charge in [-0.3, -0.25) is 19.3 Å². The van der Waals surface area contributed by atoms with E-state index in [9.17, 15) is 9.59 Å². The zero-order valence-electron chi connectivity index (χ0n) is 16.4. The molecule has 2 aliphatic rings. The third-order valence-electron chi connectivity index (χ3n) is 5.53. The van der Waals surface area contributed by atoms with Gasteiger partial charge >= 0.3 is 0 Å². The van der Waals surface area contributed by atoms with Gasteiger partial charge in [-0.2, -0.15) is 5.10 Å². The third kappa shape index (κ3) is 3.17. The van der Waals surface area contributed by atoms with Crippen molar-refractivity contribution in [3.63, 3.8) is 0 Å². The zero-order valence-corrected chi connectivity index (χ0v) is 16.4. The molecule has 2 atom stereocenters. The Labute approximate surface area is 172 Å². The van der Waals surface area contributed by atoms with Crippen molar-refractivity contribution in [1.82, 2.24) is 20.1 Å². The fourth-order valence-corrected chi connectivity index (χ4v) is 3.86. The predicted molar refractivity (Wildman–Crippen MR) is 109 cm³/mol. The van der Waals surface area contributed by atoms with Gasteiger partial charge in [0.05, 0.1) is 30.0 Å². The van der Waals surface area contributed by atoms with Crippen LogP contribution in [0.3, 0.4) is 0 Å². The number of benzene rings is 1. The molecule has 1 unspecified atom stereocenters. The van der Waals surface area contributed by atoms with E-state index in [0.29, 0.717) is 24.7 Å². The molecular weight excluding hydrogens is 386 g/mol. The predicted octanol–water partition coefficient (Wildman–Crippen LogP) is 1.55. The molecule has 2 aliphatic heterocycles. The lowest BCUT2D eigenvalue weighted by molar-refractivity contribution is -0.120. The zero-order chi connectivity index (χ0) is 20.7. The van der Waals surface area contributed by atoms with Gasteiger partial charge in [-0.15, -0.1) is 0 Å². The highest BCUT2D eigenvalue weighted by Gasteiger charge is 2.31. The van der Waals surface area contributed by atoms with Crippen LogP contribution in [0.4, 0.5) is 5.69 Å². The smallest absolute Gasteiger partial charge is 0.270 e. The van der Waals surface area contributed by atoms with Crippen molar-refractivity contribution >= 4 is 28.4 Å². The number of carbonyl (C=O) groups is 2. The largest absolute Gasteiger partial charge is 0.489 e. The van der Waals surface area contributed by atoms with Crippen LogP contribution in [0.25, 0.3) is 10.9 Å². The van der Waals surface area contributed by atoms with Gasteiger partial charge in [0.15, 0.2) is 0 Å². The van der Waals surface area contributed by atoms with E-state index in [2.05, 4.69) is 15.4 Å². The number of para-hydroxylation sites is 2. The molecule has 1 N–H and O–H groups in total. The van der Waals surface area contributed by atoms with Gasteiger partial charge in [0, 0.05) is 25.2 Å². The Morgan fingerprint density at radius 3 is 2.93 bits per heavy atom. The highest BCUT2D eigenvalue weighted by atomic mass is 16.5. The van der Waals surface area contributed by atoms with Crippen molar-refractivity contribution in [3.05, 3.63) is 48.4 Å². The van der Waals surface area contributed by atoms with Gasteiger partial charge in [0.25, 0.3) is 11.8 Å². The summed E-state index contributed by atoms with van der Waals surface area (Å²) >= 11 is 0. The number of carbonyl (C=O) groups excluding carboxylic acids is 2. The molecule has 1 saturated heterocycles. The molecule has 0 bridgehead atoms. The van der Waals surface area contributed by atoms with Crippen molar-refractivity contribution in [2.24, 2.45) is 0 Å². The van der Waals surface area contributed by atoms with Crippen molar-refractivity contribution in [1.29, 1.82) is 0 Å². The number of nitrogens with zero attached hydrogens (tertiary/aromatic N) is 4. The Hall–Kier alpha value is -3.46. The van der Waals surface area contributed by atoms with E-state index in [4.69, 9.17) is 9.47 Å². The van der Waals surface area contributed by atoms with Crippen molar-refractivity contribution in [2.45, 2.75) is 18.5 Å². The number of fused-ring (bicyclic) bond motifs is 2. The number of ether oxygens (including phenoxy) is 2. The fraction of sp³-hybridized carbons (Fsp3) is 0.333. The molecule has 154 valence electrons. The van der Waals surface area contributed by atoms with Gasteiger partial charge in [0.2, 0.25) is 0 Å². The Bertz CT molecular complexity index is 1120. The Kier molecular flexibility index (Phi) is 4.59. The van der Waals surface area contributed by atoms with E-state index >= 15 is 0 Å². The second-order valence-corrected chi connectivity index (χ2v) is 7.44. The highest BCUT2D eigenvalue weighted by molar-refractivity contribution is 6.03. The molecule has 0 spiro atoms. The van der Waals surface area contributed by atoms with Crippen LogP contribution < -0.4 is 15.0 Å². The average Bonchev–Trinajstić information content (AvgIpc) is 3.42. The summed E-state index contributed by atoms with van der Waals surface area (Å²) in [5, 5.41) is 8.05. The lowest BCUT2D eigenvalue weighted by atomic mass is 10.2. The first-order chi connectivity index (χ1) is 14.6. The summed E-state index contributed by atoms with van der Waals surface area (Å²) in [6, 6.07) is 8.31. The van der Waals surface area contributed by atoms with Crippen LogP contribution in [0.15, 0.2) is 42.7 Å². The van der Waals surface area contributed by atoms with Gasteiger partial charge in [-0.1, -0.05) is 12.1 Å². The highest BCUT2D eigenvalue weighted by Crippen LogP contribution is 2.30. The monoisotopic (exact) mass is 407 g/mol. The van der Waals surface area contributed by atoms with Gasteiger partial charge in [-0.25, -0.2) is 0 Å². The van der Waals surface area contributed by atoms with E-state index in [-0.39, 0.29) is 24.2 Å². The minimum absolute atomic E-state index is 0.0471. The molecule has 4 heterocycles. The summed E-state index contributed by atoms with van der Waals surface area (Å²) < 4.78 is 13.1. The Morgan fingerprint density at radius 2 is 2.10 bits per heavy atom. The van der Waals surface area contributed by atoms with E-state index < -0.39 is 11.9 Å². The van der Waals surface area contributed by atoms with Crippen LogP contribution >= 0.6 is 0 Å². The number of amides is 2. The van der Waals surface area contributed by atoms with Crippen molar-refractivity contribution in [2.75, 3.05) is 31.8 Å². The number of hydrogen-bond acceptors (Lipinski definition) is 6. The molecule has 0 aliphatic carbocycles. The number of pyridine rings is 1. The molecule has 9 nitrogen and oxygen atoms in total. The lowest BCUT2D eigenvalue weighted by Crippen LogP contribution is -2.49. The standard InChI is InChI=1S/C21H21N5O4/c1-25-17-4-2-3-5-19(17)30-12-16(21(25)28)24-20(27)15-8-18-13(9-22-15)10-23-26(18)14-6-7-29-11-14/h2-5,8-10,14,16H,6-7,11-12H2,1H3,(H,24,27)/t14-,16?/m1/s1. The van der Waals surface area contributed by atoms with E-state index in [0.717, 1.165) is 17.3 Å². The summed E-state index contributed by atoms with van der Waals surface area (Å²) in [5.41, 5.74) is 1.71. The molecular formula is C21H21N5O4. The second kappa shape index (κ2) is 7.42. The molecule has 2 amide bonds. The summed E-state index contributed by atoms with van der Waals surface area (Å²) in [6.07, 6.45) is 4.23. The Balaban J connectivity index is 1.38. The van der Waals surface area contributed by atoms with E-state index in [1.54, 1.807) is 37.6 Å². The minimum Gasteiger partial charge on any atom is -0.489 e. The number of rotatable bonds is 3. The number of likely N-dealkylation sites (N-methyl/N-ethyl adjacent to an activating group) is 1. The normalized spacial score (nSPS) is 21.2. The van der Waals surface area contributed by atoms with Crippen LogP contribution in [0, 0.1) is 0 Å². The molecule has 0 radical (unpaired) electrons. The van der Waals surface area contributed by atoms with Crippen molar-refractivity contribution < 1.29 is 19.1 Å². The summed E-state index contributed by atoms with van der Waals surface area (Å²) in [7, 11) is 1.67. The van der Waals surface area contributed by atoms with Crippen LogP contribution in [0.1, 0.15) is 23.0 Å². The van der Waals surface area contributed by atoms with Gasteiger partial charge < -0.3 is 19.7 Å². The Morgan fingerprint density at radius 1 is 1.23 bits per heavy atom. The first-order valence-electron chi connectivity index (χ1n) is 9.83. The maximum atomic E-state index is 12.9. The van der Waals surface area contributed by atoms with Crippen LogP contribution in [0.2, 0.25) is 0 Å². The van der Waals surface area contributed by atoms with Gasteiger partial charge in [-0.05, 0) is 24.6 Å². The molecule has 9 heteroatoms. The lowest BCUT2D eigenvalue weighted by Gasteiger charge is -2.20.